The molecule has 0 fully saturated rings. The molecule has 0 unspecified atom stereocenters. The van der Waals surface area contributed by atoms with Crippen LogP contribution in [0.3, 0.4) is 0 Å². The maximum absolute atomic E-state index is 11.4. The number of hydrogen-bond acceptors (Lipinski definition) is 3. The van der Waals surface area contributed by atoms with Crippen LogP contribution >= 0.6 is 0 Å². The van der Waals surface area contributed by atoms with Gasteiger partial charge in [-0.25, -0.2) is 4.98 Å². The van der Waals surface area contributed by atoms with Crippen LogP contribution in [0.2, 0.25) is 0 Å². The Balaban J connectivity index is 2.95. The molecule has 2 heterocycles. The molecule has 0 amide bonds. The smallest absolute Gasteiger partial charge is 0.258 e. The molecule has 0 atom stereocenters. The van der Waals surface area contributed by atoms with E-state index in [0.717, 1.165) is 0 Å². The minimum absolute atomic E-state index is 0.109. The van der Waals surface area contributed by atoms with E-state index in [9.17, 15) is 4.79 Å². The van der Waals surface area contributed by atoms with Crippen molar-refractivity contribution in [1.82, 2.24) is 9.38 Å². The third-order valence-electron chi connectivity index (χ3n) is 1.78. The van der Waals surface area contributed by atoms with Gasteiger partial charge in [-0.15, -0.1) is 0 Å². The highest BCUT2D eigenvalue weighted by molar-refractivity contribution is 5.43. The molecule has 0 bridgehead atoms. The van der Waals surface area contributed by atoms with Gasteiger partial charge in [0.15, 0.2) is 0 Å². The minimum atomic E-state index is -0.137. The summed E-state index contributed by atoms with van der Waals surface area (Å²) in [5, 5.41) is 9.16. The number of hydrogen-bond donors (Lipinski definition) is 1. The zero-order chi connectivity index (χ0) is 9.42. The lowest BCUT2D eigenvalue weighted by molar-refractivity contribution is 0.474. The summed E-state index contributed by atoms with van der Waals surface area (Å²) in [6.45, 7) is 1.74. The van der Waals surface area contributed by atoms with E-state index in [-0.39, 0.29) is 11.3 Å². The normalized spacial score (nSPS) is 10.5. The van der Waals surface area contributed by atoms with Crippen molar-refractivity contribution in [2.24, 2.45) is 0 Å². The van der Waals surface area contributed by atoms with E-state index in [4.69, 9.17) is 5.11 Å². The van der Waals surface area contributed by atoms with Crippen molar-refractivity contribution in [2.75, 3.05) is 0 Å². The van der Waals surface area contributed by atoms with Gasteiger partial charge >= 0.3 is 0 Å². The summed E-state index contributed by atoms with van der Waals surface area (Å²) >= 11 is 0. The Morgan fingerprint density at radius 1 is 1.46 bits per heavy atom. The average molecular weight is 176 g/mol. The van der Waals surface area contributed by atoms with Crippen LogP contribution in [-0.2, 0) is 0 Å². The van der Waals surface area contributed by atoms with E-state index in [1.165, 1.54) is 28.8 Å². The maximum atomic E-state index is 11.4. The van der Waals surface area contributed by atoms with Crippen molar-refractivity contribution < 1.29 is 5.11 Å². The van der Waals surface area contributed by atoms with Crippen LogP contribution < -0.4 is 5.56 Å². The zero-order valence-corrected chi connectivity index (χ0v) is 7.06. The standard InChI is InChI=1S/C9H8N2O2/c1-6-4-9(13)11-3-2-7(12)5-8(11)10-6/h2-5,12H,1H3. The second kappa shape index (κ2) is 2.58. The predicted molar refractivity (Wildman–Crippen MR) is 47.9 cm³/mol. The average Bonchev–Trinajstić information content (AvgIpc) is 2.02. The van der Waals surface area contributed by atoms with Crippen molar-refractivity contribution in [2.45, 2.75) is 6.92 Å². The molecule has 1 N–H and O–H groups in total. The lowest BCUT2D eigenvalue weighted by Gasteiger charge is -2.00. The van der Waals surface area contributed by atoms with Gasteiger partial charge < -0.3 is 5.11 Å². The quantitative estimate of drug-likeness (QED) is 0.643. The Hall–Kier alpha value is -1.84. The molecule has 4 nitrogen and oxygen atoms in total. The lowest BCUT2D eigenvalue weighted by atomic mass is 10.4. The Morgan fingerprint density at radius 2 is 2.23 bits per heavy atom. The van der Waals surface area contributed by atoms with Crippen molar-refractivity contribution >= 4 is 5.65 Å². The molecule has 13 heavy (non-hydrogen) atoms. The van der Waals surface area contributed by atoms with Crippen LogP contribution in [0.5, 0.6) is 5.75 Å². The first kappa shape index (κ1) is 7.79. The molecule has 0 aliphatic rings. The molecule has 4 heteroatoms. The van der Waals surface area contributed by atoms with Crippen LogP contribution in [0.15, 0.2) is 29.2 Å². The summed E-state index contributed by atoms with van der Waals surface area (Å²) in [5.74, 6) is 0.109. The summed E-state index contributed by atoms with van der Waals surface area (Å²) in [6, 6.07) is 4.35. The number of aromatic nitrogens is 2. The Morgan fingerprint density at radius 3 is 3.00 bits per heavy atom. The van der Waals surface area contributed by atoms with Gasteiger partial charge in [0.25, 0.3) is 5.56 Å². The van der Waals surface area contributed by atoms with Crippen LogP contribution in [-0.4, -0.2) is 14.5 Å². The fraction of sp³-hybridized carbons (Fsp3) is 0.111. The van der Waals surface area contributed by atoms with Crippen molar-refractivity contribution in [3.8, 4) is 5.75 Å². The largest absolute Gasteiger partial charge is 0.508 e. The third kappa shape index (κ3) is 1.26. The molecule has 2 aromatic rings. The van der Waals surface area contributed by atoms with Crippen molar-refractivity contribution in [3.05, 3.63) is 40.4 Å². The van der Waals surface area contributed by atoms with Gasteiger partial charge in [0.1, 0.15) is 11.4 Å². The fourth-order valence-electron chi connectivity index (χ4n) is 1.21. The number of aromatic hydroxyl groups is 1. The van der Waals surface area contributed by atoms with Gasteiger partial charge in [-0.2, -0.15) is 0 Å². The molecule has 0 saturated carbocycles. The Kier molecular flexibility index (Phi) is 1.55. The molecule has 0 spiro atoms. The van der Waals surface area contributed by atoms with E-state index in [0.29, 0.717) is 11.3 Å². The molecule has 0 aliphatic heterocycles. The van der Waals surface area contributed by atoms with Crippen LogP contribution in [0.4, 0.5) is 0 Å². The fourth-order valence-corrected chi connectivity index (χ4v) is 1.21. The summed E-state index contributed by atoms with van der Waals surface area (Å²) in [5.41, 5.74) is 0.975. The van der Waals surface area contributed by atoms with Gasteiger partial charge in [0.05, 0.1) is 0 Å². The zero-order valence-electron chi connectivity index (χ0n) is 7.06. The second-order valence-corrected chi connectivity index (χ2v) is 2.85. The number of fused-ring (bicyclic) bond motifs is 1. The summed E-state index contributed by atoms with van der Waals surface area (Å²) in [7, 11) is 0. The molecule has 2 rings (SSSR count). The maximum Gasteiger partial charge on any atom is 0.258 e. The summed E-state index contributed by atoms with van der Waals surface area (Å²) < 4.78 is 1.38. The van der Waals surface area contributed by atoms with Gasteiger partial charge in [0.2, 0.25) is 0 Å². The first-order chi connectivity index (χ1) is 6.16. The Labute approximate surface area is 74.1 Å². The predicted octanol–water partition coefficient (Wildman–Crippen LogP) is 0.709. The monoisotopic (exact) mass is 176 g/mol. The first-order valence-corrected chi connectivity index (χ1v) is 3.86. The van der Waals surface area contributed by atoms with E-state index >= 15 is 0 Å². The second-order valence-electron chi connectivity index (χ2n) is 2.85. The molecule has 0 radical (unpaired) electrons. The van der Waals surface area contributed by atoms with E-state index in [2.05, 4.69) is 4.98 Å². The van der Waals surface area contributed by atoms with Crippen LogP contribution in [0.1, 0.15) is 5.69 Å². The van der Waals surface area contributed by atoms with Gasteiger partial charge in [-0.1, -0.05) is 0 Å². The molecule has 0 aliphatic carbocycles. The molecular weight excluding hydrogens is 168 g/mol. The van der Waals surface area contributed by atoms with Crippen LogP contribution in [0.25, 0.3) is 5.65 Å². The Bertz CT molecular complexity index is 511. The molecule has 2 aromatic heterocycles. The molecular formula is C9H8N2O2. The van der Waals surface area contributed by atoms with E-state index in [1.807, 2.05) is 0 Å². The van der Waals surface area contributed by atoms with Gasteiger partial charge in [-0.05, 0) is 13.0 Å². The third-order valence-corrected chi connectivity index (χ3v) is 1.78. The highest BCUT2D eigenvalue weighted by atomic mass is 16.3. The minimum Gasteiger partial charge on any atom is -0.508 e. The SMILES string of the molecule is Cc1cc(=O)n2ccc(O)cc2n1. The number of nitrogens with zero attached hydrogens (tertiary/aromatic N) is 2. The molecule has 0 aromatic carbocycles. The number of aryl methyl sites for hydroxylation is 1. The first-order valence-electron chi connectivity index (χ1n) is 3.86. The van der Waals surface area contributed by atoms with Gasteiger partial charge in [-0.3, -0.25) is 9.20 Å². The number of pyridine rings is 1. The number of rotatable bonds is 0. The molecule has 66 valence electrons. The molecule has 0 saturated heterocycles. The van der Waals surface area contributed by atoms with Gasteiger partial charge in [0, 0.05) is 24.0 Å². The highest BCUT2D eigenvalue weighted by Crippen LogP contribution is 2.08. The summed E-state index contributed by atoms with van der Waals surface area (Å²) in [6.07, 6.45) is 1.50. The van der Waals surface area contributed by atoms with Crippen molar-refractivity contribution in [3.63, 3.8) is 0 Å². The highest BCUT2D eigenvalue weighted by Gasteiger charge is 1.98. The van der Waals surface area contributed by atoms with Crippen LogP contribution in [0, 0.1) is 6.92 Å². The summed E-state index contributed by atoms with van der Waals surface area (Å²) in [4.78, 5) is 15.5. The topological polar surface area (TPSA) is 54.6 Å². The van der Waals surface area contributed by atoms with E-state index < -0.39 is 0 Å². The van der Waals surface area contributed by atoms with E-state index in [1.54, 1.807) is 6.92 Å². The van der Waals surface area contributed by atoms with Crippen molar-refractivity contribution in [1.29, 1.82) is 0 Å². The lowest BCUT2D eigenvalue weighted by Crippen LogP contribution is -2.13.